The molecule has 0 fully saturated rings. The topological polar surface area (TPSA) is 76.7 Å². The van der Waals surface area contributed by atoms with Gasteiger partial charge in [-0.2, -0.15) is 0 Å². The molecule has 0 saturated carbocycles. The molecule has 1 atom stereocenters. The van der Waals surface area contributed by atoms with E-state index in [1.165, 1.54) is 0 Å². The normalized spacial score (nSPS) is 16.2. The first-order valence-corrected chi connectivity index (χ1v) is 10.6. The van der Waals surface area contributed by atoms with Crippen molar-refractivity contribution in [1.82, 2.24) is 10.6 Å². The number of carbonyl (C=O) groups excluding carboxylic acids is 2. The monoisotopic (exact) mass is 442 g/mol. The van der Waals surface area contributed by atoms with E-state index < -0.39 is 12.0 Å². The van der Waals surface area contributed by atoms with Gasteiger partial charge >= 0.3 is 12.0 Å². The van der Waals surface area contributed by atoms with Gasteiger partial charge in [-0.25, -0.2) is 9.59 Å². The lowest BCUT2D eigenvalue weighted by atomic mass is 9.91. The molecule has 2 aromatic carbocycles. The molecule has 6 nitrogen and oxygen atoms in total. The summed E-state index contributed by atoms with van der Waals surface area (Å²) in [5.41, 5.74) is 2.76. The molecule has 1 heterocycles. The molecular formula is C24H27ClN2O4. The second kappa shape index (κ2) is 9.88. The first kappa shape index (κ1) is 22.7. The van der Waals surface area contributed by atoms with E-state index >= 15 is 0 Å². The quantitative estimate of drug-likeness (QED) is 0.582. The Bertz CT molecular complexity index is 966. The van der Waals surface area contributed by atoms with Crippen LogP contribution < -0.4 is 15.4 Å². The van der Waals surface area contributed by atoms with Crippen molar-refractivity contribution in [3.63, 3.8) is 0 Å². The number of hydrogen-bond acceptors (Lipinski definition) is 4. The molecular weight excluding hydrogens is 416 g/mol. The van der Waals surface area contributed by atoms with E-state index in [0.29, 0.717) is 28.6 Å². The molecule has 0 bridgehead atoms. The van der Waals surface area contributed by atoms with Gasteiger partial charge in [-0.15, -0.1) is 0 Å². The number of ether oxygens (including phenoxy) is 2. The second-order valence-electron chi connectivity index (χ2n) is 7.95. The molecule has 2 amide bonds. The van der Waals surface area contributed by atoms with Gasteiger partial charge in [-0.1, -0.05) is 49.7 Å². The minimum absolute atomic E-state index is 0.0507. The first-order valence-electron chi connectivity index (χ1n) is 10.2. The Hall–Kier alpha value is -2.99. The van der Waals surface area contributed by atoms with Crippen LogP contribution >= 0.6 is 11.6 Å². The number of hydrogen-bond donors (Lipinski definition) is 2. The van der Waals surface area contributed by atoms with Crippen molar-refractivity contribution in [3.05, 3.63) is 76.0 Å². The van der Waals surface area contributed by atoms with Crippen molar-refractivity contribution >= 4 is 23.6 Å². The molecule has 0 saturated heterocycles. The largest absolute Gasteiger partial charge is 0.489 e. The molecule has 164 valence electrons. The van der Waals surface area contributed by atoms with E-state index in [9.17, 15) is 9.59 Å². The number of benzene rings is 2. The number of allylic oxidation sites excluding steroid dienone is 1. The van der Waals surface area contributed by atoms with Crippen LogP contribution in [0.15, 0.2) is 59.8 Å². The number of esters is 1. The van der Waals surface area contributed by atoms with Crippen molar-refractivity contribution in [2.24, 2.45) is 5.92 Å². The summed E-state index contributed by atoms with van der Waals surface area (Å²) < 4.78 is 11.3. The molecule has 2 aromatic rings. The fraction of sp³-hybridized carbons (Fsp3) is 0.333. The van der Waals surface area contributed by atoms with Crippen LogP contribution in [-0.2, 0) is 16.1 Å². The van der Waals surface area contributed by atoms with Gasteiger partial charge in [0.1, 0.15) is 12.4 Å². The zero-order valence-electron chi connectivity index (χ0n) is 18.1. The summed E-state index contributed by atoms with van der Waals surface area (Å²) in [6.07, 6.45) is -0.268. The Morgan fingerprint density at radius 1 is 1.03 bits per heavy atom. The first-order chi connectivity index (χ1) is 14.7. The molecule has 0 aliphatic carbocycles. The van der Waals surface area contributed by atoms with Crippen LogP contribution in [0.25, 0.3) is 0 Å². The summed E-state index contributed by atoms with van der Waals surface area (Å²) in [4.78, 5) is 25.1. The summed E-state index contributed by atoms with van der Waals surface area (Å²) in [6.45, 7) is 7.85. The van der Waals surface area contributed by atoms with E-state index in [1.54, 1.807) is 13.8 Å². The smallest absolute Gasteiger partial charge is 0.338 e. The van der Waals surface area contributed by atoms with Crippen molar-refractivity contribution < 1.29 is 19.1 Å². The Morgan fingerprint density at radius 3 is 2.26 bits per heavy atom. The highest BCUT2D eigenvalue weighted by Crippen LogP contribution is 2.31. The summed E-state index contributed by atoms with van der Waals surface area (Å²) in [5, 5.41) is 6.29. The Labute approximate surface area is 187 Å². The van der Waals surface area contributed by atoms with Gasteiger partial charge in [0.25, 0.3) is 0 Å². The van der Waals surface area contributed by atoms with Crippen LogP contribution in [0.5, 0.6) is 5.75 Å². The van der Waals surface area contributed by atoms with E-state index in [1.807, 2.05) is 62.4 Å². The predicted octanol–water partition coefficient (Wildman–Crippen LogP) is 5.13. The van der Waals surface area contributed by atoms with Gasteiger partial charge in [0.05, 0.1) is 17.7 Å². The molecule has 1 unspecified atom stereocenters. The number of urea groups is 1. The van der Waals surface area contributed by atoms with Crippen LogP contribution in [0, 0.1) is 5.92 Å². The third-order valence-electron chi connectivity index (χ3n) is 4.77. The number of halogens is 1. The molecule has 7 heteroatoms. The molecule has 31 heavy (non-hydrogen) atoms. The van der Waals surface area contributed by atoms with Crippen molar-refractivity contribution in [1.29, 1.82) is 0 Å². The average Bonchev–Trinajstić information content (AvgIpc) is 2.72. The predicted molar refractivity (Wildman–Crippen MR) is 120 cm³/mol. The van der Waals surface area contributed by atoms with Gasteiger partial charge in [0, 0.05) is 10.7 Å². The van der Waals surface area contributed by atoms with Crippen LogP contribution in [0.4, 0.5) is 4.79 Å². The molecule has 1 aliphatic rings. The fourth-order valence-electron chi connectivity index (χ4n) is 3.30. The van der Waals surface area contributed by atoms with Gasteiger partial charge in [-0.3, -0.25) is 0 Å². The maximum atomic E-state index is 12.9. The van der Waals surface area contributed by atoms with E-state index in [4.69, 9.17) is 21.1 Å². The molecule has 1 aliphatic heterocycles. The lowest BCUT2D eigenvalue weighted by Gasteiger charge is -2.31. The van der Waals surface area contributed by atoms with Gasteiger partial charge in [0.2, 0.25) is 0 Å². The number of carbonyl (C=O) groups is 2. The third kappa shape index (κ3) is 5.79. The summed E-state index contributed by atoms with van der Waals surface area (Å²) in [7, 11) is 0. The highest BCUT2D eigenvalue weighted by Gasteiger charge is 2.35. The highest BCUT2D eigenvalue weighted by atomic mass is 35.5. The summed E-state index contributed by atoms with van der Waals surface area (Å²) >= 11 is 5.91. The standard InChI is InChI=1S/C24H27ClN2O4/c1-14(2)21-20(23(28)31-15(3)4)22(27-24(29)26-21)17-7-11-19(12-8-17)30-13-16-5-9-18(25)10-6-16/h5-12,14-15,22H,13H2,1-4H3,(H2,26,27,29). The number of nitrogens with one attached hydrogen (secondary N) is 2. The summed E-state index contributed by atoms with van der Waals surface area (Å²) in [5.74, 6) is 0.183. The zero-order valence-corrected chi connectivity index (χ0v) is 18.8. The molecule has 0 aromatic heterocycles. The fourth-order valence-corrected chi connectivity index (χ4v) is 3.42. The highest BCUT2D eigenvalue weighted by molar-refractivity contribution is 6.30. The van der Waals surface area contributed by atoms with E-state index in [-0.39, 0.29) is 18.1 Å². The van der Waals surface area contributed by atoms with Gasteiger partial charge in [-0.05, 0) is 55.2 Å². The Kier molecular flexibility index (Phi) is 7.23. The van der Waals surface area contributed by atoms with Crippen LogP contribution in [-0.4, -0.2) is 18.1 Å². The average molecular weight is 443 g/mol. The SMILES string of the molecule is CC(C)OC(=O)C1=C(C(C)C)NC(=O)NC1c1ccc(OCc2ccc(Cl)cc2)cc1. The molecule has 2 N–H and O–H groups in total. The van der Waals surface area contributed by atoms with Crippen molar-refractivity contribution in [2.45, 2.75) is 46.4 Å². The molecule has 3 rings (SSSR count). The molecule has 0 radical (unpaired) electrons. The van der Waals surface area contributed by atoms with Crippen LogP contribution in [0.2, 0.25) is 5.02 Å². The van der Waals surface area contributed by atoms with Gasteiger partial charge < -0.3 is 20.1 Å². The Balaban J connectivity index is 1.83. The minimum atomic E-state index is -0.609. The van der Waals surface area contributed by atoms with Crippen LogP contribution in [0.3, 0.4) is 0 Å². The zero-order chi connectivity index (χ0) is 22.5. The maximum absolute atomic E-state index is 12.9. The lowest BCUT2D eigenvalue weighted by Crippen LogP contribution is -2.47. The lowest BCUT2D eigenvalue weighted by molar-refractivity contribution is -0.143. The van der Waals surface area contributed by atoms with E-state index in [0.717, 1.165) is 11.1 Å². The van der Waals surface area contributed by atoms with Gasteiger partial charge in [0.15, 0.2) is 0 Å². The second-order valence-corrected chi connectivity index (χ2v) is 8.39. The number of amides is 2. The van der Waals surface area contributed by atoms with Crippen LogP contribution in [0.1, 0.15) is 44.9 Å². The number of rotatable bonds is 7. The minimum Gasteiger partial charge on any atom is -0.489 e. The van der Waals surface area contributed by atoms with Crippen molar-refractivity contribution in [2.75, 3.05) is 0 Å². The summed E-state index contributed by atoms with van der Waals surface area (Å²) in [6, 6.07) is 13.8. The third-order valence-corrected chi connectivity index (χ3v) is 5.03. The van der Waals surface area contributed by atoms with E-state index in [2.05, 4.69) is 10.6 Å². The van der Waals surface area contributed by atoms with Crippen molar-refractivity contribution in [3.8, 4) is 5.75 Å². The maximum Gasteiger partial charge on any atom is 0.338 e. The Morgan fingerprint density at radius 2 is 1.68 bits per heavy atom. The molecule has 0 spiro atoms.